The predicted molar refractivity (Wildman–Crippen MR) is 89.5 cm³/mol. The van der Waals surface area contributed by atoms with Gasteiger partial charge in [-0.15, -0.1) is 0 Å². The quantitative estimate of drug-likeness (QED) is 0.799. The molecule has 1 aromatic rings. The Morgan fingerprint density at radius 1 is 1.00 bits per heavy atom. The van der Waals surface area contributed by atoms with Crippen molar-refractivity contribution in [3.8, 4) is 0 Å². The summed E-state index contributed by atoms with van der Waals surface area (Å²) in [6.45, 7) is 4.93. The van der Waals surface area contributed by atoms with Gasteiger partial charge in [-0.1, -0.05) is 63.8 Å². The van der Waals surface area contributed by atoms with Gasteiger partial charge in [0.2, 0.25) is 0 Å². The van der Waals surface area contributed by atoms with Crippen LogP contribution in [0.3, 0.4) is 0 Å². The fourth-order valence-electron chi connectivity index (χ4n) is 3.58. The highest BCUT2D eigenvalue weighted by molar-refractivity contribution is 5.28. The lowest BCUT2D eigenvalue weighted by atomic mass is 9.82. The SMILES string of the molecule is CC(C)c1ccc(C(CN)C(O)C2CCCCCC2)cc1. The van der Waals surface area contributed by atoms with Crippen LogP contribution in [-0.2, 0) is 0 Å². The summed E-state index contributed by atoms with van der Waals surface area (Å²) in [7, 11) is 0. The van der Waals surface area contributed by atoms with Crippen LogP contribution in [0.2, 0.25) is 0 Å². The second kappa shape index (κ2) is 7.95. The maximum atomic E-state index is 10.8. The number of hydrogen-bond acceptors (Lipinski definition) is 2. The minimum Gasteiger partial charge on any atom is -0.392 e. The van der Waals surface area contributed by atoms with Crippen LogP contribution >= 0.6 is 0 Å². The lowest BCUT2D eigenvalue weighted by Crippen LogP contribution is -2.32. The van der Waals surface area contributed by atoms with Crippen molar-refractivity contribution in [3.05, 3.63) is 35.4 Å². The zero-order valence-corrected chi connectivity index (χ0v) is 13.6. The molecule has 2 atom stereocenters. The average molecular weight is 289 g/mol. The van der Waals surface area contributed by atoms with Crippen LogP contribution in [0.15, 0.2) is 24.3 Å². The monoisotopic (exact) mass is 289 g/mol. The van der Waals surface area contributed by atoms with Gasteiger partial charge in [-0.3, -0.25) is 0 Å². The molecule has 1 saturated carbocycles. The van der Waals surface area contributed by atoms with Crippen LogP contribution in [0.4, 0.5) is 0 Å². The summed E-state index contributed by atoms with van der Waals surface area (Å²) in [6.07, 6.45) is 7.16. The Hall–Kier alpha value is -0.860. The van der Waals surface area contributed by atoms with Gasteiger partial charge in [0, 0.05) is 12.5 Å². The molecule has 0 saturated heterocycles. The van der Waals surface area contributed by atoms with E-state index >= 15 is 0 Å². The first-order valence-electron chi connectivity index (χ1n) is 8.61. The van der Waals surface area contributed by atoms with Crippen LogP contribution in [-0.4, -0.2) is 17.8 Å². The number of aliphatic hydroxyl groups is 1. The van der Waals surface area contributed by atoms with E-state index in [9.17, 15) is 5.11 Å². The maximum absolute atomic E-state index is 10.8. The number of benzene rings is 1. The first-order chi connectivity index (χ1) is 10.1. The fraction of sp³-hybridized carbons (Fsp3) is 0.684. The van der Waals surface area contributed by atoms with Crippen LogP contribution in [0.5, 0.6) is 0 Å². The predicted octanol–water partition coefficient (Wildman–Crippen LogP) is 4.18. The van der Waals surface area contributed by atoms with E-state index in [4.69, 9.17) is 5.73 Å². The molecule has 1 aliphatic carbocycles. The van der Waals surface area contributed by atoms with Crippen LogP contribution in [0.25, 0.3) is 0 Å². The molecule has 1 aromatic carbocycles. The second-order valence-corrected chi connectivity index (χ2v) is 6.91. The standard InChI is InChI=1S/C19H31NO/c1-14(2)15-9-11-16(12-10-15)18(13-20)19(21)17-7-5-3-4-6-8-17/h9-12,14,17-19,21H,3-8,13,20H2,1-2H3. The Bertz CT molecular complexity index is 404. The maximum Gasteiger partial charge on any atom is 0.0648 e. The van der Waals surface area contributed by atoms with Gasteiger partial charge in [-0.2, -0.15) is 0 Å². The van der Waals surface area contributed by atoms with Crippen molar-refractivity contribution < 1.29 is 5.11 Å². The van der Waals surface area contributed by atoms with Crippen LogP contribution < -0.4 is 5.73 Å². The van der Waals surface area contributed by atoms with E-state index in [1.54, 1.807) is 0 Å². The van der Waals surface area contributed by atoms with E-state index in [2.05, 4.69) is 38.1 Å². The molecule has 3 N–H and O–H groups in total. The second-order valence-electron chi connectivity index (χ2n) is 6.91. The lowest BCUT2D eigenvalue weighted by Gasteiger charge is -2.29. The van der Waals surface area contributed by atoms with Gasteiger partial charge in [0.1, 0.15) is 0 Å². The van der Waals surface area contributed by atoms with Crippen molar-refractivity contribution in [3.63, 3.8) is 0 Å². The topological polar surface area (TPSA) is 46.2 Å². The fourth-order valence-corrected chi connectivity index (χ4v) is 3.58. The molecule has 0 radical (unpaired) electrons. The Labute approximate surface area is 129 Å². The third kappa shape index (κ3) is 4.31. The van der Waals surface area contributed by atoms with E-state index in [-0.39, 0.29) is 12.0 Å². The molecule has 0 heterocycles. The van der Waals surface area contributed by atoms with E-state index < -0.39 is 0 Å². The molecule has 1 aliphatic rings. The van der Waals surface area contributed by atoms with Crippen molar-refractivity contribution in [2.45, 2.75) is 70.3 Å². The summed E-state index contributed by atoms with van der Waals surface area (Å²) in [5.41, 5.74) is 8.53. The molecule has 1 fully saturated rings. The Balaban J connectivity index is 2.09. The van der Waals surface area contributed by atoms with Crippen molar-refractivity contribution in [1.29, 1.82) is 0 Å². The molecule has 0 bridgehead atoms. The molecule has 0 aromatic heterocycles. The van der Waals surface area contributed by atoms with Crippen molar-refractivity contribution >= 4 is 0 Å². The summed E-state index contributed by atoms with van der Waals surface area (Å²) in [5, 5.41) is 10.8. The molecule has 2 nitrogen and oxygen atoms in total. The van der Waals surface area contributed by atoms with Crippen molar-refractivity contribution in [2.75, 3.05) is 6.54 Å². The first kappa shape index (κ1) is 16.5. The normalized spacial score (nSPS) is 20.2. The molecule has 0 spiro atoms. The lowest BCUT2D eigenvalue weighted by molar-refractivity contribution is 0.0742. The highest BCUT2D eigenvalue weighted by atomic mass is 16.3. The third-order valence-corrected chi connectivity index (χ3v) is 5.08. The molecule has 118 valence electrons. The molecule has 2 unspecified atom stereocenters. The summed E-state index contributed by atoms with van der Waals surface area (Å²) in [6, 6.07) is 8.69. The van der Waals surface area contributed by atoms with Gasteiger partial charge >= 0.3 is 0 Å². The van der Waals surface area contributed by atoms with Gasteiger partial charge in [-0.25, -0.2) is 0 Å². The summed E-state index contributed by atoms with van der Waals surface area (Å²) in [4.78, 5) is 0. The van der Waals surface area contributed by atoms with E-state index in [0.29, 0.717) is 18.4 Å². The Morgan fingerprint density at radius 3 is 2.00 bits per heavy atom. The molecule has 2 rings (SSSR count). The van der Waals surface area contributed by atoms with Gasteiger partial charge in [0.15, 0.2) is 0 Å². The minimum atomic E-state index is -0.294. The van der Waals surface area contributed by atoms with Gasteiger partial charge in [-0.05, 0) is 35.8 Å². The molecule has 21 heavy (non-hydrogen) atoms. The molecular weight excluding hydrogens is 258 g/mol. The van der Waals surface area contributed by atoms with E-state index in [1.807, 2.05) is 0 Å². The number of aliphatic hydroxyl groups excluding tert-OH is 1. The van der Waals surface area contributed by atoms with Gasteiger partial charge in [0.25, 0.3) is 0 Å². The first-order valence-corrected chi connectivity index (χ1v) is 8.61. The van der Waals surface area contributed by atoms with Crippen molar-refractivity contribution in [2.24, 2.45) is 11.7 Å². The molecule has 0 amide bonds. The highest BCUT2D eigenvalue weighted by Gasteiger charge is 2.28. The molecule has 0 aliphatic heterocycles. The number of nitrogens with two attached hydrogens (primary N) is 1. The summed E-state index contributed by atoms with van der Waals surface area (Å²) >= 11 is 0. The van der Waals surface area contributed by atoms with Crippen LogP contribution in [0.1, 0.15) is 75.3 Å². The summed E-state index contributed by atoms with van der Waals surface area (Å²) in [5.74, 6) is 1.04. The third-order valence-electron chi connectivity index (χ3n) is 5.08. The van der Waals surface area contributed by atoms with Gasteiger partial charge in [0.05, 0.1) is 6.10 Å². The van der Waals surface area contributed by atoms with Crippen LogP contribution in [0, 0.1) is 5.92 Å². The smallest absolute Gasteiger partial charge is 0.0648 e. The van der Waals surface area contributed by atoms with E-state index in [0.717, 1.165) is 12.8 Å². The Kier molecular flexibility index (Phi) is 6.25. The zero-order valence-electron chi connectivity index (χ0n) is 13.6. The minimum absolute atomic E-state index is 0.0781. The zero-order chi connectivity index (χ0) is 15.2. The van der Waals surface area contributed by atoms with E-state index in [1.165, 1.54) is 36.8 Å². The molecule has 2 heteroatoms. The largest absolute Gasteiger partial charge is 0.392 e. The summed E-state index contributed by atoms with van der Waals surface area (Å²) < 4.78 is 0. The van der Waals surface area contributed by atoms with Crippen molar-refractivity contribution in [1.82, 2.24) is 0 Å². The molecular formula is C19H31NO. The average Bonchev–Trinajstić information content (AvgIpc) is 2.77. The highest BCUT2D eigenvalue weighted by Crippen LogP contribution is 2.32. The Morgan fingerprint density at radius 2 is 1.52 bits per heavy atom. The number of rotatable bonds is 5. The van der Waals surface area contributed by atoms with Gasteiger partial charge < -0.3 is 10.8 Å². The number of hydrogen-bond donors (Lipinski definition) is 2.